The number of ether oxygens (including phenoxy) is 12. The minimum Gasteiger partial charge on any atom is -0.415 e. The molecular weight excluding hydrogens is 759 g/mol. The zero-order valence-corrected chi connectivity index (χ0v) is 33.6. The van der Waals surface area contributed by atoms with Crippen molar-refractivity contribution in [3.63, 3.8) is 0 Å². The van der Waals surface area contributed by atoms with Crippen LogP contribution in [0.1, 0.15) is 25.7 Å². The minimum atomic E-state index is -1.45. The Morgan fingerprint density at radius 3 is 0.708 bits per heavy atom. The largest absolute Gasteiger partial charge is 0.415 e. The van der Waals surface area contributed by atoms with Crippen LogP contribution in [0.25, 0.3) is 0 Å². The Hall–Kier alpha value is 0.427. The lowest BCUT2D eigenvalue weighted by molar-refractivity contribution is -0.0285. The molecule has 0 rings (SSSR count). The standard InChI is InChI=1S/C33H69IO13Si/c1-48(2,3)47-33-32-46-31-30-45-29-28-44-27-26-43-25-24-42-23-22-41-21-20-40-19-18-39-17-16-38-15-14-37-13-12-36-11-10-35-9-7-5-4-6-8-34/h4-33H2,1-3H3. The summed E-state index contributed by atoms with van der Waals surface area (Å²) >= 11 is 2.42. The monoisotopic (exact) mass is 828 g/mol. The third kappa shape index (κ3) is 46.4. The highest BCUT2D eigenvalue weighted by atomic mass is 127. The zero-order valence-electron chi connectivity index (χ0n) is 30.4. The van der Waals surface area contributed by atoms with Gasteiger partial charge in [0.25, 0.3) is 0 Å². The van der Waals surface area contributed by atoms with E-state index >= 15 is 0 Å². The molecule has 48 heavy (non-hydrogen) atoms. The number of rotatable bonds is 43. The highest BCUT2D eigenvalue weighted by molar-refractivity contribution is 14.1. The van der Waals surface area contributed by atoms with Crippen molar-refractivity contribution in [2.45, 2.75) is 45.3 Å². The van der Waals surface area contributed by atoms with E-state index in [2.05, 4.69) is 42.2 Å². The van der Waals surface area contributed by atoms with Gasteiger partial charge < -0.3 is 61.3 Å². The van der Waals surface area contributed by atoms with Crippen LogP contribution in [-0.2, 0) is 61.3 Å². The molecule has 0 unspecified atom stereocenters. The fourth-order valence-corrected chi connectivity index (χ4v) is 4.82. The van der Waals surface area contributed by atoms with E-state index in [-0.39, 0.29) is 0 Å². The molecule has 0 spiro atoms. The van der Waals surface area contributed by atoms with Gasteiger partial charge in [-0.05, 0) is 36.9 Å². The van der Waals surface area contributed by atoms with Gasteiger partial charge in [-0.2, -0.15) is 0 Å². The van der Waals surface area contributed by atoms with Gasteiger partial charge in [-0.15, -0.1) is 0 Å². The van der Waals surface area contributed by atoms with Crippen LogP contribution in [0.15, 0.2) is 0 Å². The molecule has 290 valence electrons. The van der Waals surface area contributed by atoms with E-state index < -0.39 is 8.32 Å². The predicted octanol–water partition coefficient (Wildman–Crippen LogP) is 4.03. The van der Waals surface area contributed by atoms with E-state index in [0.29, 0.717) is 159 Å². The maximum Gasteiger partial charge on any atom is 0.183 e. The van der Waals surface area contributed by atoms with Crippen molar-refractivity contribution in [2.75, 3.05) is 170 Å². The van der Waals surface area contributed by atoms with Gasteiger partial charge in [0.1, 0.15) is 0 Å². The lowest BCUT2D eigenvalue weighted by atomic mass is 10.2. The third-order valence-electron chi connectivity index (χ3n) is 6.03. The topological polar surface area (TPSA) is 120 Å². The Morgan fingerprint density at radius 2 is 0.479 bits per heavy atom. The van der Waals surface area contributed by atoms with Gasteiger partial charge in [0.05, 0.1) is 159 Å². The molecule has 0 aromatic rings. The molecule has 0 aromatic carbocycles. The molecule has 15 heteroatoms. The summed E-state index contributed by atoms with van der Waals surface area (Å²) in [6, 6.07) is 0. The Balaban J connectivity index is 3.05. The molecule has 13 nitrogen and oxygen atoms in total. The fraction of sp³-hybridized carbons (Fsp3) is 1.00. The maximum absolute atomic E-state index is 5.72. The Kier molecular flexibility index (Phi) is 42.2. The number of halogens is 1. The Morgan fingerprint density at radius 1 is 0.271 bits per heavy atom. The highest BCUT2D eigenvalue weighted by Gasteiger charge is 2.13. The van der Waals surface area contributed by atoms with Crippen molar-refractivity contribution in [1.82, 2.24) is 0 Å². The normalized spacial score (nSPS) is 12.0. The summed E-state index contributed by atoms with van der Waals surface area (Å²) in [5.41, 5.74) is 0. The summed E-state index contributed by atoms with van der Waals surface area (Å²) in [6.07, 6.45) is 4.98. The van der Waals surface area contributed by atoms with Gasteiger partial charge in [-0.25, -0.2) is 0 Å². The van der Waals surface area contributed by atoms with Gasteiger partial charge in [0.2, 0.25) is 0 Å². The second kappa shape index (κ2) is 41.8. The predicted molar refractivity (Wildman–Crippen MR) is 196 cm³/mol. The molecule has 0 heterocycles. The van der Waals surface area contributed by atoms with Gasteiger partial charge >= 0.3 is 0 Å². The fourth-order valence-electron chi connectivity index (χ4n) is 3.58. The van der Waals surface area contributed by atoms with E-state index in [0.717, 1.165) is 13.0 Å². The van der Waals surface area contributed by atoms with Crippen LogP contribution in [0.3, 0.4) is 0 Å². The van der Waals surface area contributed by atoms with Gasteiger partial charge in [-0.3, -0.25) is 0 Å². The van der Waals surface area contributed by atoms with Crippen molar-refractivity contribution in [2.24, 2.45) is 0 Å². The summed E-state index contributed by atoms with van der Waals surface area (Å²) in [4.78, 5) is 0. The molecule has 0 bridgehead atoms. The zero-order chi connectivity index (χ0) is 34.9. The second-order valence-electron chi connectivity index (χ2n) is 11.4. The summed E-state index contributed by atoms with van der Waals surface area (Å²) in [7, 11) is -1.45. The molecule has 0 fully saturated rings. The lowest BCUT2D eigenvalue weighted by Gasteiger charge is -2.16. The second-order valence-corrected chi connectivity index (χ2v) is 17.0. The van der Waals surface area contributed by atoms with Gasteiger partial charge in [0.15, 0.2) is 8.32 Å². The molecular formula is C33H69IO13Si. The summed E-state index contributed by atoms with van der Waals surface area (Å²) in [5.74, 6) is 0. The molecule has 0 aliphatic carbocycles. The first-order chi connectivity index (χ1) is 23.6. The highest BCUT2D eigenvalue weighted by Crippen LogP contribution is 2.02. The lowest BCUT2D eigenvalue weighted by Crippen LogP contribution is -2.27. The van der Waals surface area contributed by atoms with Crippen LogP contribution in [0.5, 0.6) is 0 Å². The average Bonchev–Trinajstić information content (AvgIpc) is 3.06. The van der Waals surface area contributed by atoms with Crippen molar-refractivity contribution >= 4 is 30.9 Å². The van der Waals surface area contributed by atoms with Crippen LogP contribution in [0.2, 0.25) is 19.6 Å². The van der Waals surface area contributed by atoms with Crippen molar-refractivity contribution in [1.29, 1.82) is 0 Å². The first-order valence-electron chi connectivity index (χ1n) is 17.7. The quantitative estimate of drug-likeness (QED) is 0.0382. The van der Waals surface area contributed by atoms with E-state index in [9.17, 15) is 0 Å². The molecule has 0 N–H and O–H groups in total. The van der Waals surface area contributed by atoms with E-state index in [1.165, 1.54) is 23.7 Å². The molecule has 0 saturated carbocycles. The molecule has 0 atom stereocenters. The summed E-state index contributed by atoms with van der Waals surface area (Å²) < 4.78 is 72.9. The van der Waals surface area contributed by atoms with E-state index in [4.69, 9.17) is 61.3 Å². The molecule has 0 amide bonds. The number of unbranched alkanes of at least 4 members (excludes halogenated alkanes) is 3. The van der Waals surface area contributed by atoms with Crippen LogP contribution >= 0.6 is 22.6 Å². The first kappa shape index (κ1) is 48.4. The van der Waals surface area contributed by atoms with E-state index in [1.54, 1.807) is 0 Å². The molecule has 0 aliphatic heterocycles. The number of alkyl halides is 1. The van der Waals surface area contributed by atoms with Crippen LogP contribution in [0, 0.1) is 0 Å². The summed E-state index contributed by atoms with van der Waals surface area (Å²) in [6.45, 7) is 20.5. The van der Waals surface area contributed by atoms with Gasteiger partial charge in [0, 0.05) is 6.61 Å². The van der Waals surface area contributed by atoms with E-state index in [1.807, 2.05) is 0 Å². The Bertz CT molecular complexity index is 594. The molecule has 0 radical (unpaired) electrons. The van der Waals surface area contributed by atoms with Crippen molar-refractivity contribution in [3.05, 3.63) is 0 Å². The first-order valence-corrected chi connectivity index (χ1v) is 22.6. The van der Waals surface area contributed by atoms with Crippen molar-refractivity contribution < 1.29 is 61.3 Å². The van der Waals surface area contributed by atoms with Crippen molar-refractivity contribution in [3.8, 4) is 0 Å². The van der Waals surface area contributed by atoms with Crippen LogP contribution in [0.4, 0.5) is 0 Å². The van der Waals surface area contributed by atoms with Crippen LogP contribution < -0.4 is 0 Å². The molecule has 0 aliphatic rings. The number of hydrogen-bond acceptors (Lipinski definition) is 13. The molecule has 0 aromatic heterocycles. The molecule has 0 saturated heterocycles. The Labute approximate surface area is 306 Å². The van der Waals surface area contributed by atoms with Crippen LogP contribution in [-0.4, -0.2) is 178 Å². The van der Waals surface area contributed by atoms with Gasteiger partial charge in [-0.1, -0.05) is 35.4 Å². The minimum absolute atomic E-state index is 0.516. The number of hydrogen-bond donors (Lipinski definition) is 0. The smallest absolute Gasteiger partial charge is 0.183 e. The average molecular weight is 829 g/mol. The summed E-state index contributed by atoms with van der Waals surface area (Å²) in [5, 5.41) is 0. The third-order valence-corrected chi connectivity index (χ3v) is 7.86. The SMILES string of the molecule is C[Si](C)(C)OCCOCCOCCOCCOCCOCCOCCOCCOCCOCCOCCOCCOCCCCCCI. The maximum atomic E-state index is 5.72.